The predicted molar refractivity (Wildman–Crippen MR) is 81.5 cm³/mol. The van der Waals surface area contributed by atoms with Gasteiger partial charge < -0.3 is 14.1 Å². The number of carbonyl (C=O) groups is 2. The molecule has 2 aromatic rings. The van der Waals surface area contributed by atoms with Crippen molar-refractivity contribution in [3.05, 3.63) is 58.3 Å². The molecule has 0 aliphatic carbocycles. The molecule has 1 amide bonds. The molecule has 130 valence electrons. The number of carbonyl (C=O) groups excluding carboxylic acids is 2. The number of ether oxygens (including phenoxy) is 1. The lowest BCUT2D eigenvalue weighted by atomic mass is 10.2. The van der Waals surface area contributed by atoms with E-state index in [0.29, 0.717) is 19.4 Å². The number of esters is 1. The van der Waals surface area contributed by atoms with E-state index in [2.05, 4.69) is 0 Å². The van der Waals surface area contributed by atoms with Crippen LogP contribution in [0.15, 0.2) is 41.0 Å². The van der Waals surface area contributed by atoms with Crippen molar-refractivity contribution in [2.75, 3.05) is 6.54 Å². The van der Waals surface area contributed by atoms with E-state index in [1.54, 1.807) is 6.07 Å². The summed E-state index contributed by atoms with van der Waals surface area (Å²) in [6, 6.07) is 4.69. The number of benzene rings is 1. The molecule has 25 heavy (non-hydrogen) atoms. The van der Waals surface area contributed by atoms with E-state index >= 15 is 0 Å². The highest BCUT2D eigenvalue weighted by Gasteiger charge is 2.37. The van der Waals surface area contributed by atoms with E-state index in [9.17, 15) is 24.1 Å². The highest BCUT2D eigenvalue weighted by Crippen LogP contribution is 2.29. The summed E-state index contributed by atoms with van der Waals surface area (Å²) in [5.74, 6) is -2.52. The quantitative estimate of drug-likeness (QED) is 0.364. The Morgan fingerprint density at radius 1 is 1.36 bits per heavy atom. The van der Waals surface area contributed by atoms with Crippen LogP contribution in [-0.4, -0.2) is 34.3 Å². The summed E-state index contributed by atoms with van der Waals surface area (Å²) in [6.07, 6.45) is 2.25. The Labute approximate surface area is 140 Å². The van der Waals surface area contributed by atoms with E-state index in [1.807, 2.05) is 0 Å². The summed E-state index contributed by atoms with van der Waals surface area (Å²) in [4.78, 5) is 36.2. The van der Waals surface area contributed by atoms with Crippen molar-refractivity contribution in [2.45, 2.75) is 18.9 Å². The fourth-order valence-corrected chi connectivity index (χ4v) is 2.69. The molecule has 0 spiro atoms. The highest BCUT2D eigenvalue weighted by atomic mass is 19.1. The van der Waals surface area contributed by atoms with Crippen LogP contribution in [0.3, 0.4) is 0 Å². The predicted octanol–water partition coefficient (Wildman–Crippen LogP) is 2.54. The van der Waals surface area contributed by atoms with Gasteiger partial charge in [-0.05, 0) is 31.0 Å². The van der Waals surface area contributed by atoms with Gasteiger partial charge >= 0.3 is 11.7 Å². The Morgan fingerprint density at radius 3 is 2.84 bits per heavy atom. The number of nitrogens with zero attached hydrogens (tertiary/aromatic N) is 2. The number of nitro benzene ring substituents is 1. The summed E-state index contributed by atoms with van der Waals surface area (Å²) in [7, 11) is 0. The molecular weight excluding hydrogens is 335 g/mol. The monoisotopic (exact) mass is 348 g/mol. The summed E-state index contributed by atoms with van der Waals surface area (Å²) in [5.41, 5.74) is -0.531. The Bertz CT molecular complexity index is 820. The molecule has 9 heteroatoms. The van der Waals surface area contributed by atoms with Gasteiger partial charge in [-0.1, -0.05) is 0 Å². The first-order valence-electron chi connectivity index (χ1n) is 7.47. The molecule has 0 N–H and O–H groups in total. The van der Waals surface area contributed by atoms with Crippen molar-refractivity contribution in [3.63, 3.8) is 0 Å². The zero-order valence-electron chi connectivity index (χ0n) is 12.9. The highest BCUT2D eigenvalue weighted by molar-refractivity contribution is 5.95. The van der Waals surface area contributed by atoms with Gasteiger partial charge in [0.25, 0.3) is 5.91 Å². The first kappa shape index (κ1) is 16.6. The maximum absolute atomic E-state index is 13.3. The molecular formula is C16H13FN2O6. The van der Waals surface area contributed by atoms with Crippen LogP contribution in [-0.2, 0) is 4.79 Å². The van der Waals surface area contributed by atoms with Crippen molar-refractivity contribution in [1.29, 1.82) is 0 Å². The SMILES string of the molecule is O=C(Oc1cc(F)ccc1[N+](=O)[O-])C1CCCN1C(=O)c1ccco1. The molecule has 0 bridgehead atoms. The molecule has 0 radical (unpaired) electrons. The summed E-state index contributed by atoms with van der Waals surface area (Å²) in [6.45, 7) is 0.324. The molecule has 3 rings (SSSR count). The van der Waals surface area contributed by atoms with Gasteiger partial charge in [0.05, 0.1) is 11.2 Å². The van der Waals surface area contributed by atoms with Crippen molar-refractivity contribution in [3.8, 4) is 5.75 Å². The smallest absolute Gasteiger partial charge is 0.334 e. The summed E-state index contributed by atoms with van der Waals surface area (Å²) >= 11 is 0. The van der Waals surface area contributed by atoms with Crippen molar-refractivity contribution < 1.29 is 28.1 Å². The normalized spacial score (nSPS) is 16.7. The zero-order valence-corrected chi connectivity index (χ0v) is 12.9. The number of hydrogen-bond acceptors (Lipinski definition) is 6. The minimum Gasteiger partial charge on any atom is -0.459 e. The van der Waals surface area contributed by atoms with Crippen LogP contribution in [0, 0.1) is 15.9 Å². The molecule has 1 aliphatic rings. The molecule has 1 aliphatic heterocycles. The minimum absolute atomic E-state index is 0.0800. The van der Waals surface area contributed by atoms with Crippen LogP contribution in [0.5, 0.6) is 5.75 Å². The second-order valence-corrected chi connectivity index (χ2v) is 5.42. The van der Waals surface area contributed by atoms with Crippen molar-refractivity contribution in [1.82, 2.24) is 4.90 Å². The van der Waals surface area contributed by atoms with Crippen LogP contribution >= 0.6 is 0 Å². The molecule has 1 unspecified atom stereocenters. The topological polar surface area (TPSA) is 103 Å². The number of hydrogen-bond donors (Lipinski definition) is 0. The van der Waals surface area contributed by atoms with Gasteiger partial charge in [0.15, 0.2) is 5.76 Å². The van der Waals surface area contributed by atoms with Gasteiger partial charge in [0, 0.05) is 18.7 Å². The number of halogens is 1. The van der Waals surface area contributed by atoms with Crippen LogP contribution < -0.4 is 4.74 Å². The minimum atomic E-state index is -0.916. The summed E-state index contributed by atoms with van der Waals surface area (Å²) in [5, 5.41) is 11.0. The maximum atomic E-state index is 13.3. The third-order valence-corrected chi connectivity index (χ3v) is 3.85. The zero-order chi connectivity index (χ0) is 18.0. The van der Waals surface area contributed by atoms with Crippen LogP contribution in [0.4, 0.5) is 10.1 Å². The maximum Gasteiger partial charge on any atom is 0.334 e. The van der Waals surface area contributed by atoms with Crippen molar-refractivity contribution >= 4 is 17.6 Å². The lowest BCUT2D eigenvalue weighted by Crippen LogP contribution is -2.42. The fraction of sp³-hybridized carbons (Fsp3) is 0.250. The average Bonchev–Trinajstić information content (AvgIpc) is 3.25. The third-order valence-electron chi connectivity index (χ3n) is 3.85. The van der Waals surface area contributed by atoms with Gasteiger partial charge in [0.1, 0.15) is 11.9 Å². The Hall–Kier alpha value is -3.23. The van der Waals surface area contributed by atoms with E-state index < -0.39 is 40.1 Å². The molecule has 1 aromatic carbocycles. The van der Waals surface area contributed by atoms with Gasteiger partial charge in [0.2, 0.25) is 5.75 Å². The van der Waals surface area contributed by atoms with E-state index in [4.69, 9.17) is 9.15 Å². The lowest BCUT2D eigenvalue weighted by molar-refractivity contribution is -0.385. The molecule has 8 nitrogen and oxygen atoms in total. The third kappa shape index (κ3) is 3.35. The average molecular weight is 348 g/mol. The number of amides is 1. The Balaban J connectivity index is 1.80. The van der Waals surface area contributed by atoms with Gasteiger partial charge in [-0.3, -0.25) is 14.9 Å². The Morgan fingerprint density at radius 2 is 2.16 bits per heavy atom. The van der Waals surface area contributed by atoms with Crippen LogP contribution in [0.2, 0.25) is 0 Å². The molecule has 1 fully saturated rings. The number of rotatable bonds is 4. The molecule has 2 heterocycles. The van der Waals surface area contributed by atoms with Gasteiger partial charge in [-0.15, -0.1) is 0 Å². The largest absolute Gasteiger partial charge is 0.459 e. The van der Waals surface area contributed by atoms with Crippen LogP contribution in [0.25, 0.3) is 0 Å². The second kappa shape index (κ2) is 6.71. The molecule has 1 aromatic heterocycles. The summed E-state index contributed by atoms with van der Waals surface area (Å²) < 4.78 is 23.4. The first-order chi connectivity index (χ1) is 12.0. The number of furan rings is 1. The van der Waals surface area contributed by atoms with Crippen molar-refractivity contribution in [2.24, 2.45) is 0 Å². The number of nitro groups is 1. The lowest BCUT2D eigenvalue weighted by Gasteiger charge is -2.22. The fourth-order valence-electron chi connectivity index (χ4n) is 2.69. The van der Waals surface area contributed by atoms with E-state index in [0.717, 1.165) is 18.2 Å². The Kier molecular flexibility index (Phi) is 4.46. The van der Waals surface area contributed by atoms with E-state index in [1.165, 1.54) is 17.2 Å². The molecule has 1 atom stereocenters. The van der Waals surface area contributed by atoms with E-state index in [-0.39, 0.29) is 5.76 Å². The molecule has 0 saturated carbocycles. The van der Waals surface area contributed by atoms with Gasteiger partial charge in [-0.25, -0.2) is 9.18 Å². The van der Waals surface area contributed by atoms with Crippen LogP contribution in [0.1, 0.15) is 23.4 Å². The number of likely N-dealkylation sites (tertiary alicyclic amines) is 1. The first-order valence-corrected chi connectivity index (χ1v) is 7.47. The second-order valence-electron chi connectivity index (χ2n) is 5.42. The molecule has 1 saturated heterocycles. The van der Waals surface area contributed by atoms with Gasteiger partial charge in [-0.2, -0.15) is 0 Å². The standard InChI is InChI=1S/C16H13FN2O6/c17-10-5-6-11(19(22)23)14(9-10)25-16(21)12-3-1-7-18(12)15(20)13-4-2-8-24-13/h2,4-6,8-9,12H,1,3,7H2.